The molecule has 0 fully saturated rings. The van der Waals surface area contributed by atoms with Crippen LogP contribution in [0.5, 0.6) is 0 Å². The highest BCUT2D eigenvalue weighted by Crippen LogP contribution is 2.14. The van der Waals surface area contributed by atoms with Crippen LogP contribution in [0.25, 0.3) is 0 Å². The van der Waals surface area contributed by atoms with Crippen molar-refractivity contribution in [3.63, 3.8) is 0 Å². The molecule has 0 saturated carbocycles. The molecule has 0 bridgehead atoms. The molecular formula is C14H27N. The van der Waals surface area contributed by atoms with Gasteiger partial charge in [0, 0.05) is 6.54 Å². The largest absolute Gasteiger partial charge is 0.312 e. The summed E-state index contributed by atoms with van der Waals surface area (Å²) in [4.78, 5) is 0. The molecule has 1 aliphatic heterocycles. The van der Waals surface area contributed by atoms with Gasteiger partial charge in [0.2, 0.25) is 0 Å². The van der Waals surface area contributed by atoms with Gasteiger partial charge in [0.15, 0.2) is 0 Å². The van der Waals surface area contributed by atoms with Crippen molar-refractivity contribution in [2.45, 2.75) is 41.0 Å². The fraction of sp³-hybridized carbons (Fsp3) is 0.571. The lowest BCUT2D eigenvalue weighted by Gasteiger charge is -2.16. The van der Waals surface area contributed by atoms with Crippen molar-refractivity contribution in [3.05, 3.63) is 36.0 Å². The second kappa shape index (κ2) is 13.2. The average molecular weight is 209 g/mol. The lowest BCUT2D eigenvalue weighted by Crippen LogP contribution is -2.23. The van der Waals surface area contributed by atoms with Gasteiger partial charge in [0.25, 0.3) is 0 Å². The maximum Gasteiger partial charge on any atom is 0.0208 e. The Labute approximate surface area is 96.0 Å². The Morgan fingerprint density at radius 1 is 1.13 bits per heavy atom. The van der Waals surface area contributed by atoms with Crippen molar-refractivity contribution in [1.29, 1.82) is 0 Å². The van der Waals surface area contributed by atoms with Gasteiger partial charge >= 0.3 is 0 Å². The van der Waals surface area contributed by atoms with E-state index in [1.165, 1.54) is 11.1 Å². The minimum Gasteiger partial charge on any atom is -0.312 e. The van der Waals surface area contributed by atoms with Gasteiger partial charge < -0.3 is 5.32 Å². The lowest BCUT2D eigenvalue weighted by atomic mass is 10.0. The van der Waals surface area contributed by atoms with Crippen molar-refractivity contribution in [3.8, 4) is 0 Å². The van der Waals surface area contributed by atoms with E-state index in [9.17, 15) is 0 Å². The van der Waals surface area contributed by atoms with Gasteiger partial charge in [-0.3, -0.25) is 0 Å². The number of nitrogens with one attached hydrogen (secondary N) is 1. The molecule has 0 atom stereocenters. The molecule has 0 amide bonds. The minimum atomic E-state index is 0.975. The van der Waals surface area contributed by atoms with Crippen LogP contribution in [-0.2, 0) is 0 Å². The highest BCUT2D eigenvalue weighted by atomic mass is 14.9. The standard InChI is InChI=1S/C10H15N.2C2H6/c1-3-5-10-6-7-11-8-9(10)4-2;2*1-2/h3-5,11H,2,6-8H2,1H3;2*1-2H3/b5-3-;;. The van der Waals surface area contributed by atoms with Crippen molar-refractivity contribution in [1.82, 2.24) is 5.32 Å². The molecule has 0 spiro atoms. The Morgan fingerprint density at radius 2 is 1.73 bits per heavy atom. The zero-order valence-electron chi connectivity index (χ0n) is 11.1. The third kappa shape index (κ3) is 7.15. The van der Waals surface area contributed by atoms with Crippen LogP contribution in [0.4, 0.5) is 0 Å². The van der Waals surface area contributed by atoms with Crippen LogP contribution in [-0.4, -0.2) is 13.1 Å². The van der Waals surface area contributed by atoms with Crippen LogP contribution in [0.2, 0.25) is 0 Å². The van der Waals surface area contributed by atoms with E-state index in [-0.39, 0.29) is 0 Å². The maximum atomic E-state index is 3.79. The number of hydrogen-bond acceptors (Lipinski definition) is 1. The molecule has 0 saturated heterocycles. The Balaban J connectivity index is 0. The van der Waals surface area contributed by atoms with Gasteiger partial charge in [-0.25, -0.2) is 0 Å². The van der Waals surface area contributed by atoms with Crippen molar-refractivity contribution >= 4 is 0 Å². The van der Waals surface area contributed by atoms with Crippen LogP contribution >= 0.6 is 0 Å². The second-order valence-corrected chi connectivity index (χ2v) is 2.68. The normalized spacial score (nSPS) is 15.0. The first-order chi connectivity index (χ1) is 7.38. The SMILES string of the molecule is C=CC1=C(/C=C\C)CCNC1.CC.CC. The van der Waals surface area contributed by atoms with Gasteiger partial charge in [0.05, 0.1) is 0 Å². The Kier molecular flexibility index (Phi) is 14.6. The zero-order chi connectivity index (χ0) is 12.1. The molecule has 1 rings (SSSR count). The predicted molar refractivity (Wildman–Crippen MR) is 72.2 cm³/mol. The third-order valence-corrected chi connectivity index (χ3v) is 1.91. The van der Waals surface area contributed by atoms with Gasteiger partial charge in [-0.15, -0.1) is 0 Å². The molecule has 1 N–H and O–H groups in total. The first-order valence-corrected chi connectivity index (χ1v) is 6.06. The lowest BCUT2D eigenvalue weighted by molar-refractivity contribution is 0.696. The summed E-state index contributed by atoms with van der Waals surface area (Å²) in [6.45, 7) is 15.9. The van der Waals surface area contributed by atoms with Gasteiger partial charge in [0.1, 0.15) is 0 Å². The van der Waals surface area contributed by atoms with Crippen molar-refractivity contribution in [2.75, 3.05) is 13.1 Å². The predicted octanol–water partition coefficient (Wildman–Crippen LogP) is 4.09. The monoisotopic (exact) mass is 209 g/mol. The summed E-state index contributed by atoms with van der Waals surface area (Å²) < 4.78 is 0. The quantitative estimate of drug-likeness (QED) is 0.722. The number of hydrogen-bond donors (Lipinski definition) is 1. The summed E-state index contributed by atoms with van der Waals surface area (Å²) in [5.41, 5.74) is 2.77. The second-order valence-electron chi connectivity index (χ2n) is 2.68. The molecule has 0 aromatic carbocycles. The van der Waals surface area contributed by atoms with E-state index < -0.39 is 0 Å². The molecule has 1 heterocycles. The molecule has 0 radical (unpaired) electrons. The van der Waals surface area contributed by atoms with E-state index in [4.69, 9.17) is 0 Å². The first-order valence-electron chi connectivity index (χ1n) is 6.06. The minimum absolute atomic E-state index is 0.975. The molecule has 0 aliphatic carbocycles. The molecule has 1 aliphatic rings. The zero-order valence-corrected chi connectivity index (χ0v) is 11.1. The van der Waals surface area contributed by atoms with Crippen LogP contribution < -0.4 is 5.32 Å². The fourth-order valence-corrected chi connectivity index (χ4v) is 1.32. The Morgan fingerprint density at radius 3 is 2.20 bits per heavy atom. The van der Waals surface area contributed by atoms with Crippen LogP contribution in [0.3, 0.4) is 0 Å². The van der Waals surface area contributed by atoms with Gasteiger partial charge in [-0.05, 0) is 31.0 Å². The summed E-state index contributed by atoms with van der Waals surface area (Å²) >= 11 is 0. The van der Waals surface area contributed by atoms with Crippen molar-refractivity contribution in [2.24, 2.45) is 0 Å². The molecule has 1 heteroatoms. The topological polar surface area (TPSA) is 12.0 Å². The van der Waals surface area contributed by atoms with Crippen LogP contribution in [0.1, 0.15) is 41.0 Å². The summed E-state index contributed by atoms with van der Waals surface area (Å²) in [6.07, 6.45) is 7.34. The van der Waals surface area contributed by atoms with Crippen LogP contribution in [0.15, 0.2) is 36.0 Å². The highest BCUT2D eigenvalue weighted by Gasteiger charge is 2.05. The number of allylic oxidation sites excluding steroid dienone is 2. The molecular weight excluding hydrogens is 182 g/mol. The van der Waals surface area contributed by atoms with E-state index in [0.717, 1.165) is 19.5 Å². The highest BCUT2D eigenvalue weighted by molar-refractivity contribution is 5.34. The molecule has 1 nitrogen and oxygen atoms in total. The van der Waals surface area contributed by atoms with Gasteiger partial charge in [-0.1, -0.05) is 52.5 Å². The smallest absolute Gasteiger partial charge is 0.0208 e. The van der Waals surface area contributed by atoms with Crippen molar-refractivity contribution < 1.29 is 0 Å². The van der Waals surface area contributed by atoms with E-state index in [1.807, 2.05) is 33.8 Å². The molecule has 0 aromatic heterocycles. The van der Waals surface area contributed by atoms with E-state index >= 15 is 0 Å². The number of rotatable bonds is 2. The Hall–Kier alpha value is -0.820. The molecule has 15 heavy (non-hydrogen) atoms. The summed E-state index contributed by atoms with van der Waals surface area (Å²) in [7, 11) is 0. The Bertz CT molecular complexity index is 199. The molecule has 0 aromatic rings. The van der Waals surface area contributed by atoms with Gasteiger partial charge in [-0.2, -0.15) is 0 Å². The molecule has 88 valence electrons. The average Bonchev–Trinajstić information content (AvgIpc) is 2.35. The fourth-order valence-electron chi connectivity index (χ4n) is 1.32. The van der Waals surface area contributed by atoms with E-state index in [0.29, 0.717) is 0 Å². The third-order valence-electron chi connectivity index (χ3n) is 1.91. The maximum absolute atomic E-state index is 3.79. The summed E-state index contributed by atoms with van der Waals surface area (Å²) in [5.74, 6) is 0. The first kappa shape index (κ1) is 16.6. The van der Waals surface area contributed by atoms with Crippen LogP contribution in [0, 0.1) is 0 Å². The van der Waals surface area contributed by atoms with E-state index in [2.05, 4.69) is 31.0 Å². The van der Waals surface area contributed by atoms with E-state index in [1.54, 1.807) is 0 Å². The molecule has 0 unspecified atom stereocenters. The summed E-state index contributed by atoms with van der Waals surface area (Å²) in [6, 6.07) is 0. The summed E-state index contributed by atoms with van der Waals surface area (Å²) in [5, 5.41) is 3.31.